The van der Waals surface area contributed by atoms with Crippen molar-refractivity contribution in [3.63, 3.8) is 0 Å². The summed E-state index contributed by atoms with van der Waals surface area (Å²) in [5.74, 6) is -2.07. The van der Waals surface area contributed by atoms with Crippen LogP contribution in [0, 0.1) is 0 Å². The Morgan fingerprint density at radius 1 is 1.27 bits per heavy atom. The quantitative estimate of drug-likeness (QED) is 0.386. The van der Waals surface area contributed by atoms with Crippen molar-refractivity contribution < 1.29 is 38.3 Å². The minimum Gasteiger partial charge on any atom is -0.546 e. The van der Waals surface area contributed by atoms with E-state index < -0.39 is 18.0 Å². The number of carboxylic acids is 1. The molecule has 1 aromatic carbocycles. The second-order valence-electron chi connectivity index (χ2n) is 2.72. The van der Waals surface area contributed by atoms with Crippen molar-refractivity contribution in [2.45, 2.75) is 13.0 Å². The van der Waals surface area contributed by atoms with E-state index >= 15 is 0 Å². The van der Waals surface area contributed by atoms with E-state index in [1.807, 2.05) is 0 Å². The molecule has 15 heavy (non-hydrogen) atoms. The Morgan fingerprint density at radius 3 is 2.20 bits per heavy atom. The Kier molecular flexibility index (Phi) is 5.76. The van der Waals surface area contributed by atoms with Crippen LogP contribution < -0.4 is 24.0 Å². The SMILES string of the molecule is CC(=O)OC(C(=O)[O-])c1ccccc1.[Li+]. The van der Waals surface area contributed by atoms with Crippen LogP contribution in [0.2, 0.25) is 0 Å². The number of carboxylic acid groups (broad SMARTS) is 1. The second-order valence-corrected chi connectivity index (χ2v) is 2.72. The van der Waals surface area contributed by atoms with E-state index in [1.165, 1.54) is 0 Å². The van der Waals surface area contributed by atoms with Gasteiger partial charge in [-0.15, -0.1) is 0 Å². The first-order chi connectivity index (χ1) is 6.61. The standard InChI is InChI=1S/C10H10O4.Li/c1-7(11)14-9(10(12)13)8-5-3-2-4-6-8;/h2-6,9H,1H3,(H,12,13);/q;+1/p-1. The molecule has 0 bridgehead atoms. The average molecular weight is 200 g/mol. The fraction of sp³-hybridized carbons (Fsp3) is 0.200. The minimum absolute atomic E-state index is 0. The van der Waals surface area contributed by atoms with E-state index in [-0.39, 0.29) is 18.9 Å². The van der Waals surface area contributed by atoms with Gasteiger partial charge < -0.3 is 14.6 Å². The van der Waals surface area contributed by atoms with Crippen molar-refractivity contribution in [1.29, 1.82) is 0 Å². The Bertz CT molecular complexity index is 337. The van der Waals surface area contributed by atoms with Crippen LogP contribution in [0.1, 0.15) is 18.6 Å². The van der Waals surface area contributed by atoms with Crippen molar-refractivity contribution in [2.24, 2.45) is 0 Å². The molecular weight excluding hydrogens is 191 g/mol. The van der Waals surface area contributed by atoms with Gasteiger partial charge in [-0.2, -0.15) is 0 Å². The van der Waals surface area contributed by atoms with Gasteiger partial charge in [0, 0.05) is 6.92 Å². The number of aliphatic carboxylic acids is 1. The minimum atomic E-state index is -1.42. The van der Waals surface area contributed by atoms with Gasteiger partial charge in [-0.3, -0.25) is 4.79 Å². The molecule has 0 aliphatic rings. The molecular formula is C10H9LiO4. The van der Waals surface area contributed by atoms with Crippen molar-refractivity contribution in [1.82, 2.24) is 0 Å². The number of esters is 1. The summed E-state index contributed by atoms with van der Waals surface area (Å²) in [6.45, 7) is 1.15. The monoisotopic (exact) mass is 200 g/mol. The van der Waals surface area contributed by atoms with Gasteiger partial charge in [0.1, 0.15) is 0 Å². The average Bonchev–Trinajstić information content (AvgIpc) is 2.15. The molecule has 1 unspecified atom stereocenters. The van der Waals surface area contributed by atoms with E-state index in [9.17, 15) is 14.7 Å². The topological polar surface area (TPSA) is 66.4 Å². The van der Waals surface area contributed by atoms with Gasteiger partial charge in [0.15, 0.2) is 6.10 Å². The molecule has 0 aromatic heterocycles. The van der Waals surface area contributed by atoms with E-state index in [4.69, 9.17) is 0 Å². The molecule has 0 saturated heterocycles. The van der Waals surface area contributed by atoms with Crippen molar-refractivity contribution in [3.05, 3.63) is 35.9 Å². The molecule has 5 heteroatoms. The maximum atomic E-state index is 10.6. The summed E-state index contributed by atoms with van der Waals surface area (Å²) in [7, 11) is 0. The molecule has 1 aromatic rings. The predicted molar refractivity (Wildman–Crippen MR) is 46.0 cm³/mol. The smallest absolute Gasteiger partial charge is 0.546 e. The van der Waals surface area contributed by atoms with Crippen LogP contribution >= 0.6 is 0 Å². The largest absolute Gasteiger partial charge is 1.00 e. The molecule has 74 valence electrons. The molecule has 0 radical (unpaired) electrons. The molecule has 0 aliphatic heterocycles. The van der Waals surface area contributed by atoms with Gasteiger partial charge >= 0.3 is 24.8 Å². The fourth-order valence-electron chi connectivity index (χ4n) is 1.05. The second kappa shape index (κ2) is 6.28. The number of ether oxygens (including phenoxy) is 1. The Hall–Kier alpha value is -1.24. The van der Waals surface area contributed by atoms with E-state index in [0.717, 1.165) is 6.92 Å². The van der Waals surface area contributed by atoms with Gasteiger partial charge in [-0.25, -0.2) is 0 Å². The predicted octanol–water partition coefficient (Wildman–Crippen LogP) is -2.96. The van der Waals surface area contributed by atoms with Crippen LogP contribution in [0.4, 0.5) is 0 Å². The zero-order valence-electron chi connectivity index (χ0n) is 8.60. The summed E-state index contributed by atoms with van der Waals surface area (Å²) < 4.78 is 4.60. The first-order valence-electron chi connectivity index (χ1n) is 4.04. The first kappa shape index (κ1) is 13.8. The fourth-order valence-corrected chi connectivity index (χ4v) is 1.05. The van der Waals surface area contributed by atoms with Gasteiger partial charge in [0.25, 0.3) is 0 Å². The first-order valence-corrected chi connectivity index (χ1v) is 4.04. The molecule has 0 spiro atoms. The van der Waals surface area contributed by atoms with Crippen molar-refractivity contribution in [3.8, 4) is 0 Å². The summed E-state index contributed by atoms with van der Waals surface area (Å²) >= 11 is 0. The van der Waals surface area contributed by atoms with Crippen LogP contribution in [-0.2, 0) is 14.3 Å². The Morgan fingerprint density at radius 2 is 1.80 bits per heavy atom. The third-order valence-corrected chi connectivity index (χ3v) is 1.60. The summed E-state index contributed by atoms with van der Waals surface area (Å²) in [5.41, 5.74) is 0.391. The number of carbonyl (C=O) groups excluding carboxylic acids is 2. The molecule has 0 amide bonds. The van der Waals surface area contributed by atoms with E-state index in [0.29, 0.717) is 5.56 Å². The number of carbonyl (C=O) groups is 2. The summed E-state index contributed by atoms with van der Waals surface area (Å²) in [5, 5.41) is 10.6. The molecule has 0 saturated carbocycles. The van der Waals surface area contributed by atoms with Gasteiger partial charge in [0.05, 0.1) is 5.97 Å². The number of benzene rings is 1. The van der Waals surface area contributed by atoms with Crippen LogP contribution in [0.15, 0.2) is 30.3 Å². The molecule has 0 aliphatic carbocycles. The van der Waals surface area contributed by atoms with Gasteiger partial charge in [-0.1, -0.05) is 30.3 Å². The zero-order valence-corrected chi connectivity index (χ0v) is 8.60. The van der Waals surface area contributed by atoms with Gasteiger partial charge in [-0.05, 0) is 5.56 Å². The maximum absolute atomic E-state index is 10.6. The summed E-state index contributed by atoms with van der Waals surface area (Å²) in [6.07, 6.45) is -1.33. The van der Waals surface area contributed by atoms with Crippen LogP contribution in [-0.4, -0.2) is 11.9 Å². The number of hydrogen-bond donors (Lipinski definition) is 0. The van der Waals surface area contributed by atoms with Crippen LogP contribution in [0.3, 0.4) is 0 Å². The molecule has 1 rings (SSSR count). The van der Waals surface area contributed by atoms with E-state index in [2.05, 4.69) is 4.74 Å². The third-order valence-electron chi connectivity index (χ3n) is 1.60. The maximum Gasteiger partial charge on any atom is 1.00 e. The Balaban J connectivity index is 0.00000196. The van der Waals surface area contributed by atoms with Crippen LogP contribution in [0.5, 0.6) is 0 Å². The molecule has 1 atom stereocenters. The number of hydrogen-bond acceptors (Lipinski definition) is 4. The van der Waals surface area contributed by atoms with Crippen LogP contribution in [0.25, 0.3) is 0 Å². The Labute approximate surface area is 99.4 Å². The number of rotatable bonds is 3. The van der Waals surface area contributed by atoms with Crippen molar-refractivity contribution >= 4 is 11.9 Å². The summed E-state index contributed by atoms with van der Waals surface area (Å²) in [6, 6.07) is 8.18. The van der Waals surface area contributed by atoms with Crippen molar-refractivity contribution in [2.75, 3.05) is 0 Å². The summed E-state index contributed by atoms with van der Waals surface area (Å²) in [4.78, 5) is 21.3. The molecule has 4 nitrogen and oxygen atoms in total. The zero-order chi connectivity index (χ0) is 10.6. The van der Waals surface area contributed by atoms with Gasteiger partial charge in [0.2, 0.25) is 0 Å². The van der Waals surface area contributed by atoms with E-state index in [1.54, 1.807) is 30.3 Å². The normalized spacial score (nSPS) is 11.0. The molecule has 0 fully saturated rings. The molecule has 0 heterocycles. The third kappa shape index (κ3) is 4.20. The molecule has 0 N–H and O–H groups in total.